The zero-order valence-corrected chi connectivity index (χ0v) is 10.2. The first-order chi connectivity index (χ1) is 7.44. The van der Waals surface area contributed by atoms with Crippen LogP contribution in [-0.4, -0.2) is 48.9 Å². The molecule has 1 rings (SSSR count). The van der Waals surface area contributed by atoms with E-state index in [-0.39, 0.29) is 12.1 Å². The van der Waals surface area contributed by atoms with Gasteiger partial charge in [0.1, 0.15) is 5.60 Å². The molecule has 1 aliphatic rings. The standard InChI is InChI=1S/C10H21N3O3/c1-10(2,3)16-9(14)13-4-5-15-7-8(13)6-12-11/h8,12H,4-7,11H2,1-3H3. The normalized spacial score (nSPS) is 22.0. The van der Waals surface area contributed by atoms with Crippen LogP contribution in [0.3, 0.4) is 0 Å². The molecule has 1 fully saturated rings. The van der Waals surface area contributed by atoms with E-state index in [1.54, 1.807) is 4.90 Å². The number of nitrogens with two attached hydrogens (primary N) is 1. The highest BCUT2D eigenvalue weighted by atomic mass is 16.6. The van der Waals surface area contributed by atoms with E-state index in [1.807, 2.05) is 20.8 Å². The van der Waals surface area contributed by atoms with Gasteiger partial charge in [-0.25, -0.2) is 4.79 Å². The Kier molecular flexibility index (Phi) is 4.52. The van der Waals surface area contributed by atoms with E-state index in [1.165, 1.54) is 0 Å². The summed E-state index contributed by atoms with van der Waals surface area (Å²) in [5.74, 6) is 5.26. The van der Waals surface area contributed by atoms with Crippen LogP contribution in [0.2, 0.25) is 0 Å². The Morgan fingerprint density at radius 1 is 1.62 bits per heavy atom. The average molecular weight is 231 g/mol. The number of nitrogens with zero attached hydrogens (tertiary/aromatic N) is 1. The van der Waals surface area contributed by atoms with Crippen LogP contribution in [0.5, 0.6) is 0 Å². The molecule has 1 heterocycles. The van der Waals surface area contributed by atoms with E-state index in [0.29, 0.717) is 26.3 Å². The molecule has 6 heteroatoms. The van der Waals surface area contributed by atoms with Crippen LogP contribution in [0.1, 0.15) is 20.8 Å². The van der Waals surface area contributed by atoms with E-state index >= 15 is 0 Å². The van der Waals surface area contributed by atoms with Gasteiger partial charge in [0.2, 0.25) is 0 Å². The molecule has 16 heavy (non-hydrogen) atoms. The molecule has 1 aliphatic heterocycles. The van der Waals surface area contributed by atoms with Gasteiger partial charge in [0.15, 0.2) is 0 Å². The van der Waals surface area contributed by atoms with Crippen LogP contribution < -0.4 is 11.3 Å². The van der Waals surface area contributed by atoms with Gasteiger partial charge in [-0.05, 0) is 20.8 Å². The van der Waals surface area contributed by atoms with Gasteiger partial charge in [-0.15, -0.1) is 0 Å². The second-order valence-corrected chi connectivity index (χ2v) is 4.81. The quantitative estimate of drug-likeness (QED) is 0.520. The van der Waals surface area contributed by atoms with E-state index in [0.717, 1.165) is 0 Å². The minimum Gasteiger partial charge on any atom is -0.444 e. The summed E-state index contributed by atoms with van der Waals surface area (Å²) in [6.07, 6.45) is -0.309. The molecule has 1 unspecified atom stereocenters. The van der Waals surface area contributed by atoms with Crippen molar-refractivity contribution in [3.63, 3.8) is 0 Å². The molecule has 0 aromatic carbocycles. The van der Waals surface area contributed by atoms with Crippen LogP contribution >= 0.6 is 0 Å². The predicted octanol–water partition coefficient (Wildman–Crippen LogP) is 0.0856. The van der Waals surface area contributed by atoms with Crippen LogP contribution in [0.15, 0.2) is 0 Å². The molecule has 1 atom stereocenters. The summed E-state index contributed by atoms with van der Waals surface area (Å²) in [7, 11) is 0. The lowest BCUT2D eigenvalue weighted by Crippen LogP contribution is -2.54. The largest absolute Gasteiger partial charge is 0.444 e. The first-order valence-corrected chi connectivity index (χ1v) is 5.45. The number of hydrogen-bond acceptors (Lipinski definition) is 5. The molecular formula is C10H21N3O3. The summed E-state index contributed by atoms with van der Waals surface area (Å²) in [5, 5.41) is 0. The Morgan fingerprint density at radius 2 is 2.31 bits per heavy atom. The number of ether oxygens (including phenoxy) is 2. The number of hydrazine groups is 1. The lowest BCUT2D eigenvalue weighted by atomic mass is 10.2. The third kappa shape index (κ3) is 3.96. The van der Waals surface area contributed by atoms with Gasteiger partial charge >= 0.3 is 6.09 Å². The molecule has 0 bridgehead atoms. The van der Waals surface area contributed by atoms with Crippen molar-refractivity contribution < 1.29 is 14.3 Å². The van der Waals surface area contributed by atoms with Crippen molar-refractivity contribution in [1.29, 1.82) is 0 Å². The van der Waals surface area contributed by atoms with Crippen molar-refractivity contribution in [2.75, 3.05) is 26.3 Å². The fourth-order valence-electron chi connectivity index (χ4n) is 1.52. The molecule has 1 amide bonds. The highest BCUT2D eigenvalue weighted by molar-refractivity contribution is 5.68. The Morgan fingerprint density at radius 3 is 2.88 bits per heavy atom. The zero-order chi connectivity index (χ0) is 12.2. The average Bonchev–Trinajstić information content (AvgIpc) is 2.16. The first kappa shape index (κ1) is 13.2. The number of carbonyl (C=O) groups excluding carboxylic acids is 1. The molecule has 0 aromatic rings. The molecule has 3 N–H and O–H groups in total. The third-order valence-corrected chi connectivity index (χ3v) is 2.21. The summed E-state index contributed by atoms with van der Waals surface area (Å²) < 4.78 is 10.6. The van der Waals surface area contributed by atoms with Crippen molar-refractivity contribution >= 4 is 6.09 Å². The number of carbonyl (C=O) groups is 1. The lowest BCUT2D eigenvalue weighted by Gasteiger charge is -2.36. The van der Waals surface area contributed by atoms with Gasteiger partial charge in [0, 0.05) is 13.1 Å². The van der Waals surface area contributed by atoms with Crippen LogP contribution in [0, 0.1) is 0 Å². The van der Waals surface area contributed by atoms with Crippen LogP contribution in [-0.2, 0) is 9.47 Å². The van der Waals surface area contributed by atoms with Gasteiger partial charge in [-0.1, -0.05) is 0 Å². The Bertz CT molecular complexity index is 238. The number of nitrogens with one attached hydrogen (secondary N) is 1. The van der Waals surface area contributed by atoms with E-state index < -0.39 is 5.60 Å². The minimum absolute atomic E-state index is 0.0615. The SMILES string of the molecule is CC(C)(C)OC(=O)N1CCOCC1CNN. The summed E-state index contributed by atoms with van der Waals surface area (Å²) >= 11 is 0. The summed E-state index contributed by atoms with van der Waals surface area (Å²) in [6, 6.07) is -0.0615. The zero-order valence-electron chi connectivity index (χ0n) is 10.2. The number of hydrogen-bond donors (Lipinski definition) is 2. The summed E-state index contributed by atoms with van der Waals surface area (Å²) in [4.78, 5) is 13.5. The second-order valence-electron chi connectivity index (χ2n) is 4.81. The Hall–Kier alpha value is -0.850. The molecule has 0 spiro atoms. The molecule has 0 aliphatic carbocycles. The number of amides is 1. The van der Waals surface area contributed by atoms with Crippen molar-refractivity contribution in [2.45, 2.75) is 32.4 Å². The topological polar surface area (TPSA) is 76.8 Å². The van der Waals surface area contributed by atoms with Crippen molar-refractivity contribution in [3.05, 3.63) is 0 Å². The van der Waals surface area contributed by atoms with Gasteiger partial charge in [-0.2, -0.15) is 0 Å². The molecule has 1 saturated heterocycles. The molecular weight excluding hydrogens is 210 g/mol. The predicted molar refractivity (Wildman–Crippen MR) is 59.7 cm³/mol. The fraction of sp³-hybridized carbons (Fsp3) is 0.900. The third-order valence-electron chi connectivity index (χ3n) is 2.21. The summed E-state index contributed by atoms with van der Waals surface area (Å²) in [6.45, 7) is 7.62. The monoisotopic (exact) mass is 231 g/mol. The van der Waals surface area contributed by atoms with E-state index in [9.17, 15) is 4.79 Å². The van der Waals surface area contributed by atoms with Crippen LogP contribution in [0.25, 0.3) is 0 Å². The molecule has 0 aromatic heterocycles. The molecule has 0 radical (unpaired) electrons. The second kappa shape index (κ2) is 5.47. The molecule has 6 nitrogen and oxygen atoms in total. The highest BCUT2D eigenvalue weighted by Gasteiger charge is 2.30. The first-order valence-electron chi connectivity index (χ1n) is 5.45. The van der Waals surface area contributed by atoms with Gasteiger partial charge in [-0.3, -0.25) is 16.2 Å². The highest BCUT2D eigenvalue weighted by Crippen LogP contribution is 2.14. The summed E-state index contributed by atoms with van der Waals surface area (Å²) in [5.41, 5.74) is 2.08. The maximum absolute atomic E-state index is 11.9. The maximum atomic E-state index is 11.9. The van der Waals surface area contributed by atoms with Gasteiger partial charge < -0.3 is 9.47 Å². The number of morpholine rings is 1. The maximum Gasteiger partial charge on any atom is 0.410 e. The van der Waals surface area contributed by atoms with Gasteiger partial charge in [0.05, 0.1) is 19.3 Å². The van der Waals surface area contributed by atoms with Crippen molar-refractivity contribution in [1.82, 2.24) is 10.3 Å². The van der Waals surface area contributed by atoms with Crippen molar-refractivity contribution in [2.24, 2.45) is 5.84 Å². The Balaban J connectivity index is 2.57. The Labute approximate surface area is 96.0 Å². The van der Waals surface area contributed by atoms with E-state index in [2.05, 4.69) is 5.43 Å². The van der Waals surface area contributed by atoms with Gasteiger partial charge in [0.25, 0.3) is 0 Å². The number of rotatable bonds is 2. The van der Waals surface area contributed by atoms with E-state index in [4.69, 9.17) is 15.3 Å². The fourth-order valence-corrected chi connectivity index (χ4v) is 1.52. The van der Waals surface area contributed by atoms with Crippen molar-refractivity contribution in [3.8, 4) is 0 Å². The molecule has 94 valence electrons. The molecule has 0 saturated carbocycles. The lowest BCUT2D eigenvalue weighted by molar-refractivity contribution is -0.0316. The smallest absolute Gasteiger partial charge is 0.410 e. The minimum atomic E-state index is -0.476. The van der Waals surface area contributed by atoms with Crippen LogP contribution in [0.4, 0.5) is 4.79 Å².